The molecule has 0 bridgehead atoms. The largest absolute Gasteiger partial charge is 0.496 e. The molecule has 5 rings (SSSR count). The van der Waals surface area contributed by atoms with E-state index in [2.05, 4.69) is 15.9 Å². The summed E-state index contributed by atoms with van der Waals surface area (Å²) in [6.45, 7) is 0. The van der Waals surface area contributed by atoms with Crippen molar-refractivity contribution in [3.05, 3.63) is 58.6 Å². The topological polar surface area (TPSA) is 47.3 Å². The van der Waals surface area contributed by atoms with Crippen LogP contribution in [0.5, 0.6) is 5.75 Å². The third-order valence-electron chi connectivity index (χ3n) is 5.28. The van der Waals surface area contributed by atoms with Crippen molar-refractivity contribution in [2.24, 2.45) is 0 Å². The van der Waals surface area contributed by atoms with Gasteiger partial charge in [0.1, 0.15) is 5.75 Å². The molecule has 2 aliphatic rings. The number of hydrogen-bond donors (Lipinski definition) is 1. The van der Waals surface area contributed by atoms with Crippen molar-refractivity contribution in [1.82, 2.24) is 5.16 Å². The highest BCUT2D eigenvalue weighted by molar-refractivity contribution is 8.00. The fourth-order valence-corrected chi connectivity index (χ4v) is 4.71. The van der Waals surface area contributed by atoms with E-state index in [9.17, 15) is 0 Å². The van der Waals surface area contributed by atoms with Crippen LogP contribution in [0, 0.1) is 0 Å². The summed E-state index contributed by atoms with van der Waals surface area (Å²) in [6, 6.07) is 14.0. The molecule has 3 aromatic rings. The highest BCUT2D eigenvalue weighted by Gasteiger charge is 2.50. The second kappa shape index (κ2) is 5.96. The van der Waals surface area contributed by atoms with Crippen LogP contribution in [0.2, 0.25) is 5.02 Å². The van der Waals surface area contributed by atoms with E-state index < -0.39 is 0 Å². The average Bonchev–Trinajstić information content (AvgIpc) is 3.31. The van der Waals surface area contributed by atoms with Crippen molar-refractivity contribution in [2.45, 2.75) is 29.6 Å². The van der Waals surface area contributed by atoms with Gasteiger partial charge >= 0.3 is 0 Å². The molecular weight excluding hydrogens is 368 g/mol. The number of para-hydroxylation sites is 1. The third-order valence-corrected chi connectivity index (χ3v) is 6.37. The highest BCUT2D eigenvalue weighted by Crippen LogP contribution is 2.58. The van der Waals surface area contributed by atoms with Crippen LogP contribution < -0.4 is 9.46 Å². The monoisotopic (exact) mass is 384 g/mol. The summed E-state index contributed by atoms with van der Waals surface area (Å²) in [5, 5.41) is 5.02. The van der Waals surface area contributed by atoms with E-state index in [0.717, 1.165) is 44.8 Å². The van der Waals surface area contributed by atoms with Crippen molar-refractivity contribution in [2.75, 3.05) is 11.8 Å². The third kappa shape index (κ3) is 2.49. The van der Waals surface area contributed by atoms with Crippen LogP contribution in [-0.2, 0) is 11.8 Å². The predicted octanol–water partition coefficient (Wildman–Crippen LogP) is 5.71. The Balaban J connectivity index is 1.49. The van der Waals surface area contributed by atoms with Crippen molar-refractivity contribution in [3.8, 4) is 17.1 Å². The first-order chi connectivity index (χ1) is 12.7. The van der Waals surface area contributed by atoms with E-state index in [1.807, 2.05) is 36.4 Å². The van der Waals surface area contributed by atoms with Crippen molar-refractivity contribution < 1.29 is 9.26 Å². The number of nitrogens with zero attached hydrogens (tertiary/aromatic N) is 1. The maximum atomic E-state index is 6.24. The molecule has 2 aromatic carbocycles. The molecule has 1 spiro atoms. The number of hydrogen-bond acceptors (Lipinski definition) is 5. The summed E-state index contributed by atoms with van der Waals surface area (Å²) in [5.74, 6) is 2.45. The van der Waals surface area contributed by atoms with Crippen LogP contribution in [-0.4, -0.2) is 12.3 Å². The maximum absolute atomic E-state index is 6.24. The first-order valence-electron chi connectivity index (χ1n) is 8.55. The number of nitrogens with one attached hydrogen (secondary N) is 1. The van der Waals surface area contributed by atoms with Gasteiger partial charge in [-0.2, -0.15) is 0 Å². The summed E-state index contributed by atoms with van der Waals surface area (Å²) >= 11 is 7.73. The first kappa shape index (κ1) is 16.1. The van der Waals surface area contributed by atoms with E-state index >= 15 is 0 Å². The Morgan fingerprint density at radius 1 is 1.23 bits per heavy atom. The lowest BCUT2D eigenvalue weighted by molar-refractivity contribution is 0.405. The number of methoxy groups -OCH3 is 1. The highest BCUT2D eigenvalue weighted by atomic mass is 35.5. The van der Waals surface area contributed by atoms with Gasteiger partial charge in [-0.15, -0.1) is 0 Å². The average molecular weight is 385 g/mol. The van der Waals surface area contributed by atoms with Crippen molar-refractivity contribution in [3.63, 3.8) is 0 Å². The Hall–Kier alpha value is -2.11. The molecule has 0 aliphatic heterocycles. The van der Waals surface area contributed by atoms with E-state index in [-0.39, 0.29) is 5.41 Å². The molecule has 0 saturated heterocycles. The number of anilines is 1. The first-order valence-corrected chi connectivity index (χ1v) is 9.74. The van der Waals surface area contributed by atoms with Crippen LogP contribution in [0.3, 0.4) is 0 Å². The van der Waals surface area contributed by atoms with Crippen LogP contribution in [0.25, 0.3) is 11.3 Å². The van der Waals surface area contributed by atoms with Crippen LogP contribution in [0.1, 0.15) is 24.0 Å². The molecule has 0 radical (unpaired) electrons. The summed E-state index contributed by atoms with van der Waals surface area (Å²) in [5.41, 5.74) is 3.79. The zero-order chi connectivity index (χ0) is 17.7. The molecular formula is C20H17ClN2O2S. The van der Waals surface area contributed by atoms with Gasteiger partial charge in [0.05, 0.1) is 12.0 Å². The Labute approximate surface area is 161 Å². The summed E-state index contributed by atoms with van der Waals surface area (Å²) in [4.78, 5) is 1.01. The lowest BCUT2D eigenvalue weighted by Crippen LogP contribution is -2.17. The Morgan fingerprint density at radius 3 is 2.88 bits per heavy atom. The van der Waals surface area contributed by atoms with E-state index in [1.165, 1.54) is 30.4 Å². The minimum absolute atomic E-state index is 0.226. The molecule has 0 amide bonds. The quantitative estimate of drug-likeness (QED) is 0.583. The second-order valence-electron chi connectivity index (χ2n) is 6.84. The fourth-order valence-electron chi connectivity index (χ4n) is 3.77. The number of benzene rings is 2. The smallest absolute Gasteiger partial charge is 0.183 e. The minimum Gasteiger partial charge on any atom is -0.496 e. The van der Waals surface area contributed by atoms with E-state index in [4.69, 9.17) is 20.9 Å². The fraction of sp³-hybridized carbons (Fsp3) is 0.250. The zero-order valence-corrected chi connectivity index (χ0v) is 15.8. The molecule has 2 aliphatic carbocycles. The summed E-state index contributed by atoms with van der Waals surface area (Å²) in [7, 11) is 1.68. The number of ether oxygens (including phenoxy) is 1. The van der Waals surface area contributed by atoms with Crippen LogP contribution in [0.4, 0.5) is 5.82 Å². The van der Waals surface area contributed by atoms with Gasteiger partial charge < -0.3 is 14.0 Å². The summed E-state index contributed by atoms with van der Waals surface area (Å²) < 4.78 is 14.5. The van der Waals surface area contributed by atoms with E-state index in [0.29, 0.717) is 0 Å². The molecule has 6 heteroatoms. The van der Waals surface area contributed by atoms with Crippen molar-refractivity contribution >= 4 is 29.4 Å². The molecule has 1 saturated carbocycles. The van der Waals surface area contributed by atoms with Crippen LogP contribution >= 0.6 is 23.5 Å². The zero-order valence-electron chi connectivity index (χ0n) is 14.2. The number of aromatic nitrogens is 1. The molecule has 1 fully saturated rings. The summed E-state index contributed by atoms with van der Waals surface area (Å²) in [6.07, 6.45) is 3.35. The SMILES string of the molecule is COc1ccccc1SNc1noc2c1CC1(CC1)c1ccc(Cl)cc1-2. The van der Waals surface area contributed by atoms with Gasteiger partial charge in [-0.3, -0.25) is 0 Å². The molecule has 0 atom stereocenters. The molecule has 4 nitrogen and oxygen atoms in total. The number of halogens is 1. The van der Waals surface area contributed by atoms with Crippen LogP contribution in [0.15, 0.2) is 51.9 Å². The standard InChI is InChI=1S/C20H17ClN2O2S/c1-24-16-4-2-3-5-17(16)26-23-19-14-11-20(8-9-20)15-7-6-12(21)10-13(15)18(14)25-22-19/h2-7,10H,8-9,11H2,1H3,(H,22,23). The van der Waals surface area contributed by atoms with Gasteiger partial charge in [0.15, 0.2) is 11.6 Å². The molecule has 132 valence electrons. The Morgan fingerprint density at radius 2 is 2.08 bits per heavy atom. The second-order valence-corrected chi connectivity index (χ2v) is 8.13. The molecule has 1 heterocycles. The van der Waals surface area contributed by atoms with Gasteiger partial charge in [0, 0.05) is 21.6 Å². The molecule has 26 heavy (non-hydrogen) atoms. The van der Waals surface area contributed by atoms with Gasteiger partial charge in [-0.05, 0) is 61.0 Å². The molecule has 1 aromatic heterocycles. The normalized spacial score (nSPS) is 16.1. The lowest BCUT2D eigenvalue weighted by Gasteiger charge is -2.24. The van der Waals surface area contributed by atoms with Crippen molar-refractivity contribution in [1.29, 1.82) is 0 Å². The van der Waals surface area contributed by atoms with Gasteiger partial charge in [-0.25, -0.2) is 0 Å². The minimum atomic E-state index is 0.226. The van der Waals surface area contributed by atoms with Gasteiger partial charge in [-0.1, -0.05) is 35.0 Å². The Kier molecular flexibility index (Phi) is 3.69. The van der Waals surface area contributed by atoms with Gasteiger partial charge in [0.25, 0.3) is 0 Å². The number of fused-ring (bicyclic) bond motifs is 4. The maximum Gasteiger partial charge on any atom is 0.183 e. The predicted molar refractivity (Wildman–Crippen MR) is 104 cm³/mol. The Bertz CT molecular complexity index is 997. The number of rotatable bonds is 4. The van der Waals surface area contributed by atoms with E-state index in [1.54, 1.807) is 7.11 Å². The molecule has 0 unspecified atom stereocenters. The molecule has 1 N–H and O–H groups in total. The lowest BCUT2D eigenvalue weighted by atomic mass is 9.79. The van der Waals surface area contributed by atoms with Gasteiger partial charge in [0.2, 0.25) is 0 Å².